The Morgan fingerprint density at radius 2 is 1.65 bits per heavy atom. The molecule has 2 heterocycles. The van der Waals surface area contributed by atoms with Crippen LogP contribution in [-0.4, -0.2) is 54.2 Å². The van der Waals surface area contributed by atoms with Gasteiger partial charge in [-0.15, -0.1) is 0 Å². The normalized spacial score (nSPS) is 30.9. The number of hydrogen-bond acceptors (Lipinski definition) is 2. The first kappa shape index (κ1) is 15.4. The van der Waals surface area contributed by atoms with Gasteiger partial charge in [0.2, 0.25) is 0 Å². The Kier molecular flexibility index (Phi) is 3.98. The van der Waals surface area contributed by atoms with Crippen LogP contribution in [-0.2, 0) is 0 Å². The summed E-state index contributed by atoms with van der Waals surface area (Å²) in [6, 6.07) is 9.54. The van der Waals surface area contributed by atoms with E-state index in [0.29, 0.717) is 0 Å². The molecule has 0 saturated carbocycles. The van der Waals surface area contributed by atoms with E-state index in [2.05, 4.69) is 10.6 Å². The third kappa shape index (κ3) is 2.76. The molecule has 2 aliphatic rings. The number of nitrogens with one attached hydrogen (secondary N) is 2. The molecule has 2 saturated heterocycles. The number of carbonyl (C=O) groups is 2. The van der Waals surface area contributed by atoms with Crippen molar-refractivity contribution in [2.45, 2.75) is 25.2 Å². The van der Waals surface area contributed by atoms with E-state index in [0.717, 1.165) is 5.56 Å². The average Bonchev–Trinajstić information content (AvgIpc) is 2.54. The van der Waals surface area contributed by atoms with Crippen molar-refractivity contribution in [3.63, 3.8) is 0 Å². The molecule has 0 aliphatic carbocycles. The molecule has 4 atom stereocenters. The van der Waals surface area contributed by atoms with Crippen LogP contribution in [0.5, 0.6) is 0 Å². The maximum absolute atomic E-state index is 12.3. The van der Waals surface area contributed by atoms with E-state index in [1.54, 1.807) is 23.9 Å². The van der Waals surface area contributed by atoms with Crippen LogP contribution in [0.4, 0.5) is 9.59 Å². The molecular weight excluding hydrogens is 292 g/mol. The van der Waals surface area contributed by atoms with E-state index in [-0.39, 0.29) is 36.2 Å². The van der Waals surface area contributed by atoms with Crippen molar-refractivity contribution in [2.75, 3.05) is 14.1 Å². The largest absolute Gasteiger partial charge is 0.335 e. The van der Waals surface area contributed by atoms with E-state index >= 15 is 0 Å². The highest BCUT2D eigenvalue weighted by Crippen LogP contribution is 2.29. The summed E-state index contributed by atoms with van der Waals surface area (Å²) in [5, 5.41) is 5.89. The minimum Gasteiger partial charge on any atom is -0.335 e. The van der Waals surface area contributed by atoms with Gasteiger partial charge >= 0.3 is 12.1 Å². The Morgan fingerprint density at radius 3 is 2.35 bits per heavy atom. The van der Waals surface area contributed by atoms with Gasteiger partial charge in [-0.1, -0.05) is 42.5 Å². The van der Waals surface area contributed by atoms with Crippen LogP contribution in [0, 0.1) is 5.92 Å². The summed E-state index contributed by atoms with van der Waals surface area (Å²) in [6.07, 6.45) is 3.78. The first-order chi connectivity index (χ1) is 11.0. The second-order valence-electron chi connectivity index (χ2n) is 6.19. The Labute approximate surface area is 136 Å². The third-order valence-corrected chi connectivity index (χ3v) is 4.75. The maximum Gasteiger partial charge on any atom is 0.319 e. The third-order valence-electron chi connectivity index (χ3n) is 4.75. The molecular formula is C17H22N4O2. The van der Waals surface area contributed by atoms with Crippen LogP contribution < -0.4 is 10.6 Å². The quantitative estimate of drug-likeness (QED) is 0.873. The summed E-state index contributed by atoms with van der Waals surface area (Å²) in [6.45, 7) is 1.98. The van der Waals surface area contributed by atoms with E-state index in [9.17, 15) is 9.59 Å². The number of rotatable bonds is 2. The molecule has 4 amide bonds. The van der Waals surface area contributed by atoms with E-state index in [1.807, 2.05) is 49.4 Å². The average molecular weight is 314 g/mol. The van der Waals surface area contributed by atoms with E-state index in [4.69, 9.17) is 0 Å². The number of amides is 4. The number of carbonyl (C=O) groups excluding carboxylic acids is 2. The van der Waals surface area contributed by atoms with Crippen molar-refractivity contribution in [2.24, 2.45) is 5.92 Å². The topological polar surface area (TPSA) is 64.7 Å². The molecule has 23 heavy (non-hydrogen) atoms. The number of benzene rings is 1. The monoisotopic (exact) mass is 314 g/mol. The van der Waals surface area contributed by atoms with E-state index < -0.39 is 0 Å². The Hall–Kier alpha value is -2.50. The van der Waals surface area contributed by atoms with Crippen molar-refractivity contribution in [1.29, 1.82) is 0 Å². The molecule has 0 aromatic heterocycles. The number of nitrogens with zero attached hydrogens (tertiary/aromatic N) is 2. The minimum atomic E-state index is -0.298. The van der Waals surface area contributed by atoms with Gasteiger partial charge in [0.15, 0.2) is 0 Å². The second kappa shape index (κ2) is 5.95. The van der Waals surface area contributed by atoms with E-state index in [1.165, 1.54) is 0 Å². The van der Waals surface area contributed by atoms with Crippen molar-refractivity contribution in [1.82, 2.24) is 20.4 Å². The van der Waals surface area contributed by atoms with Crippen LogP contribution in [0.15, 0.2) is 36.4 Å². The Balaban J connectivity index is 1.91. The summed E-state index contributed by atoms with van der Waals surface area (Å²) in [7, 11) is 3.50. The van der Waals surface area contributed by atoms with Gasteiger partial charge in [0.1, 0.15) is 6.17 Å². The summed E-state index contributed by atoms with van der Waals surface area (Å²) in [4.78, 5) is 27.5. The Bertz CT molecular complexity index is 631. The molecule has 2 aliphatic heterocycles. The lowest BCUT2D eigenvalue weighted by molar-refractivity contribution is 0.0407. The predicted octanol–water partition coefficient (Wildman–Crippen LogP) is 1.71. The van der Waals surface area contributed by atoms with Gasteiger partial charge in [-0.3, -0.25) is 0 Å². The highest BCUT2D eigenvalue weighted by molar-refractivity contribution is 5.80. The molecule has 6 heteroatoms. The number of hydrogen-bond donors (Lipinski definition) is 2. The fraction of sp³-hybridized carbons (Fsp3) is 0.412. The first-order valence-corrected chi connectivity index (χ1v) is 7.79. The molecule has 122 valence electrons. The second-order valence-corrected chi connectivity index (χ2v) is 6.19. The fourth-order valence-corrected chi connectivity index (χ4v) is 3.38. The van der Waals surface area contributed by atoms with Crippen LogP contribution in [0.1, 0.15) is 12.5 Å². The van der Waals surface area contributed by atoms with Gasteiger partial charge in [-0.25, -0.2) is 9.59 Å². The minimum absolute atomic E-state index is 0.0304. The molecule has 0 spiro atoms. The lowest BCUT2D eigenvalue weighted by Gasteiger charge is -2.51. The summed E-state index contributed by atoms with van der Waals surface area (Å²) in [5.74, 6) is 0.0698. The predicted molar refractivity (Wildman–Crippen MR) is 88.6 cm³/mol. The molecule has 0 bridgehead atoms. The molecule has 1 aromatic rings. The van der Waals surface area contributed by atoms with Crippen LogP contribution in [0.2, 0.25) is 0 Å². The molecule has 1 aromatic carbocycles. The van der Waals surface area contributed by atoms with Crippen molar-refractivity contribution < 1.29 is 9.59 Å². The number of urea groups is 2. The lowest BCUT2D eigenvalue weighted by atomic mass is 9.84. The highest BCUT2D eigenvalue weighted by atomic mass is 16.2. The number of likely N-dealkylation sites (N-methyl/N-ethyl adjacent to an activating group) is 1. The van der Waals surface area contributed by atoms with Crippen molar-refractivity contribution in [3.8, 4) is 0 Å². The van der Waals surface area contributed by atoms with Crippen molar-refractivity contribution >= 4 is 18.1 Å². The van der Waals surface area contributed by atoms with Gasteiger partial charge in [-0.05, 0) is 12.5 Å². The van der Waals surface area contributed by atoms with Gasteiger partial charge in [0, 0.05) is 26.1 Å². The molecule has 2 fully saturated rings. The summed E-state index contributed by atoms with van der Waals surface area (Å²) >= 11 is 0. The van der Waals surface area contributed by atoms with Crippen LogP contribution in [0.3, 0.4) is 0 Å². The molecule has 6 nitrogen and oxygen atoms in total. The van der Waals surface area contributed by atoms with Crippen molar-refractivity contribution in [3.05, 3.63) is 42.0 Å². The van der Waals surface area contributed by atoms with Crippen LogP contribution >= 0.6 is 0 Å². The lowest BCUT2D eigenvalue weighted by Crippen LogP contribution is -2.73. The molecule has 0 unspecified atom stereocenters. The first-order valence-electron chi connectivity index (χ1n) is 7.79. The maximum atomic E-state index is 12.3. The smallest absolute Gasteiger partial charge is 0.319 e. The van der Waals surface area contributed by atoms with Gasteiger partial charge in [0.25, 0.3) is 0 Å². The molecule has 3 rings (SSSR count). The molecule has 0 radical (unpaired) electrons. The number of fused-ring (bicyclic) bond motifs is 1. The Morgan fingerprint density at radius 1 is 1.00 bits per heavy atom. The summed E-state index contributed by atoms with van der Waals surface area (Å²) < 4.78 is 0. The zero-order valence-electron chi connectivity index (χ0n) is 13.6. The van der Waals surface area contributed by atoms with Gasteiger partial charge in [-0.2, -0.15) is 0 Å². The SMILES string of the molecule is C[C@@H]1NC(=O)N(C)[C@@H]2NC(=O)N(C)[C@@H](C=Cc3ccccc3)[C@@H]12. The van der Waals surface area contributed by atoms with Gasteiger partial charge in [0.05, 0.1) is 6.04 Å². The fourth-order valence-electron chi connectivity index (χ4n) is 3.38. The van der Waals surface area contributed by atoms with Gasteiger partial charge < -0.3 is 20.4 Å². The van der Waals surface area contributed by atoms with Crippen LogP contribution in [0.25, 0.3) is 6.08 Å². The highest BCUT2D eigenvalue weighted by Gasteiger charge is 2.48. The zero-order valence-corrected chi connectivity index (χ0v) is 13.6. The standard InChI is InChI=1S/C17H22N4O2/c1-11-14-13(10-9-12-7-5-4-6-8-12)20(2)17(23)19-15(14)21(3)16(22)18-11/h4-11,13-15H,1-3H3,(H,18,22)(H,19,23)/t11-,13-,14+,15-/m0/s1. The molecule has 2 N–H and O–H groups in total. The zero-order chi connectivity index (χ0) is 16.6. The summed E-state index contributed by atoms with van der Waals surface area (Å²) in [5.41, 5.74) is 1.09.